The number of carbonyl (C=O) groups is 2. The maximum Gasteiger partial charge on any atom is 0.326 e. The molecule has 0 aromatic carbocycles. The molecule has 3 atom stereocenters. The van der Waals surface area contributed by atoms with Crippen LogP contribution in [0, 0.1) is 5.92 Å². The Morgan fingerprint density at radius 3 is 2.65 bits per heavy atom. The second-order valence-corrected chi connectivity index (χ2v) is 4.71. The summed E-state index contributed by atoms with van der Waals surface area (Å²) in [4.78, 5) is 23.0. The van der Waals surface area contributed by atoms with Crippen molar-refractivity contribution in [2.75, 3.05) is 6.54 Å². The fraction of sp³-hybridized carbons (Fsp3) is 0.833. The standard InChI is InChI=1S/C12H22N2O3/c1-3-8(2)10(12(16)17)14-11(15)9-6-4-5-7-13-9/h8-10,13H,3-7H2,1-2H3,(H,14,15)(H,16,17)/t8?,9-,10?/m1/s1. The van der Waals surface area contributed by atoms with Gasteiger partial charge in [0.15, 0.2) is 0 Å². The summed E-state index contributed by atoms with van der Waals surface area (Å²) >= 11 is 0. The quantitative estimate of drug-likeness (QED) is 0.664. The maximum absolute atomic E-state index is 11.9. The van der Waals surface area contributed by atoms with Gasteiger partial charge in [0.05, 0.1) is 6.04 Å². The first-order valence-corrected chi connectivity index (χ1v) is 6.32. The maximum atomic E-state index is 11.9. The van der Waals surface area contributed by atoms with Crippen molar-refractivity contribution in [1.82, 2.24) is 10.6 Å². The fourth-order valence-corrected chi connectivity index (χ4v) is 2.01. The lowest BCUT2D eigenvalue weighted by Crippen LogP contribution is -2.53. The molecule has 98 valence electrons. The lowest BCUT2D eigenvalue weighted by atomic mass is 9.98. The molecule has 2 unspecified atom stereocenters. The highest BCUT2D eigenvalue weighted by atomic mass is 16.4. The van der Waals surface area contributed by atoms with E-state index in [0.29, 0.717) is 0 Å². The average Bonchev–Trinajstić information content (AvgIpc) is 2.35. The summed E-state index contributed by atoms with van der Waals surface area (Å²) in [6.07, 6.45) is 3.62. The number of amides is 1. The van der Waals surface area contributed by atoms with Gasteiger partial charge in [0.1, 0.15) is 6.04 Å². The van der Waals surface area contributed by atoms with E-state index in [-0.39, 0.29) is 17.9 Å². The molecule has 0 aromatic heterocycles. The smallest absolute Gasteiger partial charge is 0.326 e. The van der Waals surface area contributed by atoms with Crippen LogP contribution in [0.3, 0.4) is 0 Å². The largest absolute Gasteiger partial charge is 0.480 e. The predicted octanol–water partition coefficient (Wildman–Crippen LogP) is 0.744. The number of rotatable bonds is 5. The van der Waals surface area contributed by atoms with E-state index in [0.717, 1.165) is 32.2 Å². The highest BCUT2D eigenvalue weighted by Gasteiger charge is 2.29. The molecule has 1 aliphatic heterocycles. The molecule has 1 saturated heterocycles. The minimum atomic E-state index is -0.955. The van der Waals surface area contributed by atoms with Gasteiger partial charge in [0.2, 0.25) is 5.91 Å². The van der Waals surface area contributed by atoms with Crippen LogP contribution in [-0.2, 0) is 9.59 Å². The molecule has 1 rings (SSSR count). The van der Waals surface area contributed by atoms with Crippen molar-refractivity contribution in [3.8, 4) is 0 Å². The van der Waals surface area contributed by atoms with Crippen LogP contribution >= 0.6 is 0 Å². The van der Waals surface area contributed by atoms with Crippen LogP contribution in [0.2, 0.25) is 0 Å². The minimum Gasteiger partial charge on any atom is -0.480 e. The highest BCUT2D eigenvalue weighted by molar-refractivity contribution is 5.87. The zero-order valence-electron chi connectivity index (χ0n) is 10.5. The number of hydrogen-bond acceptors (Lipinski definition) is 3. The molecule has 5 heteroatoms. The first kappa shape index (κ1) is 14.0. The molecule has 5 nitrogen and oxygen atoms in total. The zero-order valence-corrected chi connectivity index (χ0v) is 10.5. The number of nitrogens with one attached hydrogen (secondary N) is 2. The average molecular weight is 242 g/mol. The van der Waals surface area contributed by atoms with Gasteiger partial charge in [0, 0.05) is 0 Å². The van der Waals surface area contributed by atoms with Crippen LogP contribution < -0.4 is 10.6 Å². The number of aliphatic carboxylic acids is 1. The van der Waals surface area contributed by atoms with E-state index in [9.17, 15) is 9.59 Å². The van der Waals surface area contributed by atoms with E-state index >= 15 is 0 Å². The van der Waals surface area contributed by atoms with Crippen LogP contribution in [0.1, 0.15) is 39.5 Å². The number of carboxylic acids is 1. The molecule has 0 saturated carbocycles. The third-order valence-electron chi connectivity index (χ3n) is 3.40. The third kappa shape index (κ3) is 4.00. The lowest BCUT2D eigenvalue weighted by Gasteiger charge is -2.26. The molecule has 0 aliphatic carbocycles. The van der Waals surface area contributed by atoms with E-state index in [1.165, 1.54) is 0 Å². The fourth-order valence-electron chi connectivity index (χ4n) is 2.01. The van der Waals surface area contributed by atoms with Gasteiger partial charge in [-0.15, -0.1) is 0 Å². The van der Waals surface area contributed by atoms with E-state index in [1.807, 2.05) is 13.8 Å². The molecule has 3 N–H and O–H groups in total. The van der Waals surface area contributed by atoms with Gasteiger partial charge in [-0.1, -0.05) is 26.7 Å². The van der Waals surface area contributed by atoms with Gasteiger partial charge < -0.3 is 15.7 Å². The molecule has 1 heterocycles. The first-order valence-electron chi connectivity index (χ1n) is 6.32. The van der Waals surface area contributed by atoms with Gasteiger partial charge in [-0.2, -0.15) is 0 Å². The summed E-state index contributed by atoms with van der Waals surface area (Å²) in [5, 5.41) is 14.8. The second kappa shape index (κ2) is 6.59. The van der Waals surface area contributed by atoms with E-state index < -0.39 is 12.0 Å². The van der Waals surface area contributed by atoms with Gasteiger partial charge in [-0.25, -0.2) is 4.79 Å². The molecular formula is C12H22N2O3. The molecule has 0 bridgehead atoms. The van der Waals surface area contributed by atoms with Crippen molar-refractivity contribution < 1.29 is 14.7 Å². The molecule has 1 amide bonds. The number of piperidine rings is 1. The van der Waals surface area contributed by atoms with Crippen molar-refractivity contribution in [2.24, 2.45) is 5.92 Å². The van der Waals surface area contributed by atoms with E-state index in [2.05, 4.69) is 10.6 Å². The summed E-state index contributed by atoms with van der Waals surface area (Å²) in [7, 11) is 0. The van der Waals surface area contributed by atoms with Crippen molar-refractivity contribution in [3.63, 3.8) is 0 Å². The molecule has 1 fully saturated rings. The van der Waals surface area contributed by atoms with Gasteiger partial charge in [0.25, 0.3) is 0 Å². The lowest BCUT2D eigenvalue weighted by molar-refractivity contribution is -0.143. The number of carboxylic acid groups (broad SMARTS) is 1. The summed E-state index contributed by atoms with van der Waals surface area (Å²) in [5.41, 5.74) is 0. The van der Waals surface area contributed by atoms with Gasteiger partial charge in [-0.3, -0.25) is 4.79 Å². The molecule has 0 spiro atoms. The molecule has 17 heavy (non-hydrogen) atoms. The van der Waals surface area contributed by atoms with Crippen molar-refractivity contribution in [3.05, 3.63) is 0 Å². The Morgan fingerprint density at radius 2 is 2.18 bits per heavy atom. The molecular weight excluding hydrogens is 220 g/mol. The summed E-state index contributed by atoms with van der Waals surface area (Å²) in [5.74, 6) is -1.19. The van der Waals surface area contributed by atoms with E-state index in [1.54, 1.807) is 0 Å². The third-order valence-corrected chi connectivity index (χ3v) is 3.40. The first-order chi connectivity index (χ1) is 8.06. The molecule has 0 aromatic rings. The zero-order chi connectivity index (χ0) is 12.8. The number of hydrogen-bond donors (Lipinski definition) is 3. The second-order valence-electron chi connectivity index (χ2n) is 4.71. The van der Waals surface area contributed by atoms with Crippen LogP contribution in [0.15, 0.2) is 0 Å². The Bertz CT molecular complexity index is 275. The Balaban J connectivity index is 2.53. The summed E-state index contributed by atoms with van der Waals surface area (Å²) < 4.78 is 0. The predicted molar refractivity (Wildman–Crippen MR) is 64.7 cm³/mol. The summed E-state index contributed by atoms with van der Waals surface area (Å²) in [6.45, 7) is 4.60. The van der Waals surface area contributed by atoms with Crippen LogP contribution in [-0.4, -0.2) is 35.6 Å². The Kier molecular flexibility index (Phi) is 5.41. The van der Waals surface area contributed by atoms with Crippen molar-refractivity contribution >= 4 is 11.9 Å². The Morgan fingerprint density at radius 1 is 1.47 bits per heavy atom. The van der Waals surface area contributed by atoms with Crippen molar-refractivity contribution in [1.29, 1.82) is 0 Å². The van der Waals surface area contributed by atoms with E-state index in [4.69, 9.17) is 5.11 Å². The van der Waals surface area contributed by atoms with Gasteiger partial charge in [-0.05, 0) is 25.3 Å². The van der Waals surface area contributed by atoms with Crippen LogP contribution in [0.4, 0.5) is 0 Å². The van der Waals surface area contributed by atoms with Gasteiger partial charge >= 0.3 is 5.97 Å². The topological polar surface area (TPSA) is 78.4 Å². The summed E-state index contributed by atoms with van der Waals surface area (Å²) in [6, 6.07) is -1.01. The van der Waals surface area contributed by atoms with Crippen LogP contribution in [0.25, 0.3) is 0 Å². The Hall–Kier alpha value is -1.10. The number of carbonyl (C=O) groups excluding carboxylic acids is 1. The normalized spacial score (nSPS) is 23.8. The Labute approximate surface area is 102 Å². The SMILES string of the molecule is CCC(C)C(NC(=O)[C@H]1CCCCN1)C(=O)O. The molecule has 0 radical (unpaired) electrons. The molecule has 1 aliphatic rings. The van der Waals surface area contributed by atoms with Crippen LogP contribution in [0.5, 0.6) is 0 Å². The monoisotopic (exact) mass is 242 g/mol. The highest BCUT2D eigenvalue weighted by Crippen LogP contribution is 2.11. The minimum absolute atomic E-state index is 0.0555. The van der Waals surface area contributed by atoms with Crippen molar-refractivity contribution in [2.45, 2.75) is 51.6 Å².